The highest BCUT2D eigenvalue weighted by Crippen LogP contribution is 2.76. The van der Waals surface area contributed by atoms with Crippen molar-refractivity contribution in [1.82, 2.24) is 0 Å². The molecule has 0 aromatic carbocycles. The molecule has 0 aromatic rings. The van der Waals surface area contributed by atoms with Gasteiger partial charge in [0.1, 0.15) is 36.6 Å². The second-order valence-corrected chi connectivity index (χ2v) is 20.2. The van der Waals surface area contributed by atoms with E-state index in [-0.39, 0.29) is 46.0 Å². The van der Waals surface area contributed by atoms with Gasteiger partial charge >= 0.3 is 5.97 Å². The van der Waals surface area contributed by atoms with E-state index in [4.69, 9.17) is 18.9 Å². The summed E-state index contributed by atoms with van der Waals surface area (Å²) in [6.45, 7) is 15.1. The van der Waals surface area contributed by atoms with E-state index in [0.717, 1.165) is 44.9 Å². The number of carboxylic acids is 1. The third kappa shape index (κ3) is 5.84. The van der Waals surface area contributed by atoms with Crippen molar-refractivity contribution < 1.29 is 64.6 Å². The van der Waals surface area contributed by atoms with Crippen molar-refractivity contribution in [1.29, 1.82) is 0 Å². The molecule has 13 heteroatoms. The van der Waals surface area contributed by atoms with Crippen LogP contribution in [0.1, 0.15) is 113 Å². The van der Waals surface area contributed by atoms with Gasteiger partial charge in [-0.1, -0.05) is 53.2 Å². The Balaban J connectivity index is 1.13. The van der Waals surface area contributed by atoms with Crippen LogP contribution < -0.4 is 0 Å². The van der Waals surface area contributed by atoms with Gasteiger partial charge in [-0.2, -0.15) is 0 Å². The summed E-state index contributed by atoms with van der Waals surface area (Å²) in [4.78, 5) is 13.0. The average molecular weight is 767 g/mol. The van der Waals surface area contributed by atoms with Crippen molar-refractivity contribution in [2.75, 3.05) is 6.61 Å². The van der Waals surface area contributed by atoms with Gasteiger partial charge in [-0.05, 0) is 111 Å². The minimum Gasteiger partial charge on any atom is -0.481 e. The molecule has 2 saturated heterocycles. The molecule has 0 amide bonds. The van der Waals surface area contributed by atoms with Gasteiger partial charge in [0, 0.05) is 5.41 Å². The number of ether oxygens (including phenoxy) is 4. The number of carboxylic acid groups (broad SMARTS) is 1. The Hall–Kier alpha value is -1.23. The molecule has 0 bridgehead atoms. The zero-order valence-electron chi connectivity index (χ0n) is 33.1. The second-order valence-electron chi connectivity index (χ2n) is 20.2. The topological polar surface area (TPSA) is 216 Å². The molecular weight excluding hydrogens is 700 g/mol. The predicted octanol–water partition coefficient (Wildman–Crippen LogP) is 2.84. The number of aliphatic hydroxyl groups is 7. The highest BCUT2D eigenvalue weighted by atomic mass is 16.8. The summed E-state index contributed by atoms with van der Waals surface area (Å²) in [6.07, 6.45) is -5.72. The molecule has 19 unspecified atom stereocenters. The molecule has 0 radical (unpaired) electrons. The van der Waals surface area contributed by atoms with Crippen LogP contribution in [-0.2, 0) is 23.7 Å². The molecule has 13 nitrogen and oxygen atoms in total. The fraction of sp³-hybridized carbons (Fsp3) is 0.927. The number of allylic oxidation sites excluding steroid dienone is 2. The summed E-state index contributed by atoms with van der Waals surface area (Å²) in [5.41, 5.74) is -0.488. The summed E-state index contributed by atoms with van der Waals surface area (Å²) in [6, 6.07) is 0. The number of fused-ring (bicyclic) bond motifs is 7. The van der Waals surface area contributed by atoms with E-state index in [1.807, 2.05) is 6.92 Å². The molecule has 5 aliphatic carbocycles. The molecule has 2 aliphatic heterocycles. The van der Waals surface area contributed by atoms with Crippen LogP contribution >= 0.6 is 0 Å². The Labute approximate surface area is 319 Å². The largest absolute Gasteiger partial charge is 0.481 e. The number of hydrogen-bond acceptors (Lipinski definition) is 12. The van der Waals surface area contributed by atoms with Gasteiger partial charge in [-0.25, -0.2) is 0 Å². The first-order valence-corrected chi connectivity index (χ1v) is 20.4. The first-order chi connectivity index (χ1) is 25.1. The first kappa shape index (κ1) is 40.9. The smallest absolute Gasteiger partial charge is 0.310 e. The van der Waals surface area contributed by atoms with Crippen LogP contribution in [0.2, 0.25) is 0 Å². The Kier molecular flexibility index (Phi) is 10.4. The standard InChI is InChI=1S/C41H66O13/c1-20-26(43)28(45)31(32(48)51-20)53-34-30(47)27(44)29(46)33(54-34)52-25-11-12-37(4)23(38(25,5)19-42)10-13-40(7)24(37)9-8-21-22-18-36(2,3)14-16-41(22,35(49)50)17-15-39(21,40)6/h8,20,22-34,42-48H,9-19H2,1-7H3,(H,49,50). The monoisotopic (exact) mass is 766 g/mol. The van der Waals surface area contributed by atoms with Gasteiger partial charge in [0.2, 0.25) is 0 Å². The van der Waals surface area contributed by atoms with Crippen molar-refractivity contribution in [3.63, 3.8) is 0 Å². The maximum Gasteiger partial charge on any atom is 0.310 e. The summed E-state index contributed by atoms with van der Waals surface area (Å²) in [7, 11) is 0. The Bertz CT molecular complexity index is 1470. The van der Waals surface area contributed by atoms with Crippen molar-refractivity contribution in [3.05, 3.63) is 11.6 Å². The predicted molar refractivity (Wildman–Crippen MR) is 193 cm³/mol. The van der Waals surface area contributed by atoms with Gasteiger partial charge in [-0.3, -0.25) is 4.79 Å². The fourth-order valence-electron chi connectivity index (χ4n) is 13.4. The van der Waals surface area contributed by atoms with Crippen LogP contribution in [0.5, 0.6) is 0 Å². The van der Waals surface area contributed by atoms with Gasteiger partial charge in [0.15, 0.2) is 18.9 Å². The van der Waals surface area contributed by atoms with Crippen molar-refractivity contribution in [3.8, 4) is 0 Å². The van der Waals surface area contributed by atoms with E-state index in [2.05, 4.69) is 40.7 Å². The Morgan fingerprint density at radius 3 is 2.07 bits per heavy atom. The molecule has 6 fully saturated rings. The van der Waals surface area contributed by atoms with Gasteiger partial charge in [0.25, 0.3) is 0 Å². The van der Waals surface area contributed by atoms with Crippen molar-refractivity contribution in [2.45, 2.75) is 180 Å². The number of carbonyl (C=O) groups is 1. The number of aliphatic carboxylic acids is 1. The summed E-state index contributed by atoms with van der Waals surface area (Å²) < 4.78 is 23.4. The van der Waals surface area contributed by atoms with Crippen molar-refractivity contribution >= 4 is 5.97 Å². The van der Waals surface area contributed by atoms with Crippen molar-refractivity contribution in [2.24, 2.45) is 50.2 Å². The van der Waals surface area contributed by atoms with E-state index in [0.29, 0.717) is 19.3 Å². The molecule has 0 aromatic heterocycles. The third-order valence-electron chi connectivity index (χ3n) is 17.1. The maximum atomic E-state index is 13.0. The third-order valence-corrected chi connectivity index (χ3v) is 17.1. The number of hydrogen-bond donors (Lipinski definition) is 8. The lowest BCUT2D eigenvalue weighted by Gasteiger charge is -2.71. The zero-order chi connectivity index (χ0) is 39.6. The van der Waals surface area contributed by atoms with E-state index in [1.165, 1.54) is 12.5 Å². The molecular formula is C41H66O13. The molecule has 2 heterocycles. The molecule has 8 N–H and O–H groups in total. The molecule has 19 atom stereocenters. The number of aliphatic hydroxyl groups excluding tert-OH is 7. The molecule has 4 saturated carbocycles. The molecule has 0 spiro atoms. The lowest BCUT2D eigenvalue weighted by Crippen LogP contribution is -2.67. The van der Waals surface area contributed by atoms with E-state index < -0.39 is 84.5 Å². The summed E-state index contributed by atoms with van der Waals surface area (Å²) >= 11 is 0. The Morgan fingerprint density at radius 1 is 0.778 bits per heavy atom. The fourth-order valence-corrected chi connectivity index (χ4v) is 13.4. The number of rotatable bonds is 6. The summed E-state index contributed by atoms with van der Waals surface area (Å²) in [5, 5.41) is 86.1. The van der Waals surface area contributed by atoms with Gasteiger partial charge in [0.05, 0.1) is 24.2 Å². The minimum absolute atomic E-state index is 0.0158. The first-order valence-electron chi connectivity index (χ1n) is 20.4. The average Bonchev–Trinajstić information content (AvgIpc) is 3.11. The highest BCUT2D eigenvalue weighted by Gasteiger charge is 2.70. The van der Waals surface area contributed by atoms with Gasteiger partial charge in [-0.15, -0.1) is 0 Å². The summed E-state index contributed by atoms with van der Waals surface area (Å²) in [5.74, 6) is -0.332. The minimum atomic E-state index is -1.78. The lowest BCUT2D eigenvalue weighted by molar-refractivity contribution is -0.395. The van der Waals surface area contributed by atoms with Crippen LogP contribution in [0.4, 0.5) is 0 Å². The molecule has 54 heavy (non-hydrogen) atoms. The van der Waals surface area contributed by atoms with Crippen LogP contribution in [0.3, 0.4) is 0 Å². The van der Waals surface area contributed by atoms with E-state index in [9.17, 15) is 45.6 Å². The Morgan fingerprint density at radius 2 is 1.43 bits per heavy atom. The lowest BCUT2D eigenvalue weighted by atomic mass is 9.33. The van der Waals surface area contributed by atoms with E-state index >= 15 is 0 Å². The van der Waals surface area contributed by atoms with Crippen LogP contribution in [0.15, 0.2) is 11.6 Å². The van der Waals surface area contributed by atoms with E-state index in [1.54, 1.807) is 0 Å². The van der Waals surface area contributed by atoms with Gasteiger partial charge < -0.3 is 59.8 Å². The molecule has 7 aliphatic rings. The quantitative estimate of drug-likeness (QED) is 0.144. The van der Waals surface area contributed by atoms with Crippen LogP contribution in [0, 0.1) is 50.2 Å². The SMILES string of the molecule is CC1OC(O)C(OC2OC(OC3CCC4(C)C(CCC5(C)C4CC=C4C6CC(C)(C)CCC6(C(=O)O)CCC45C)C3(C)CO)C(O)C(O)C2O)C(O)C1O. The normalized spacial score (nSPS) is 55.7. The van der Waals surface area contributed by atoms with Crippen LogP contribution in [0.25, 0.3) is 0 Å². The zero-order valence-corrected chi connectivity index (χ0v) is 33.1. The van der Waals surface area contributed by atoms with Crippen LogP contribution in [-0.4, -0.2) is 121 Å². The molecule has 308 valence electrons. The maximum absolute atomic E-state index is 13.0. The highest BCUT2D eigenvalue weighted by molar-refractivity contribution is 5.76. The molecule has 7 rings (SSSR count). The second kappa shape index (κ2) is 13.7.